The Labute approximate surface area is 171 Å². The summed E-state index contributed by atoms with van der Waals surface area (Å²) in [6.45, 7) is 2.59. The van der Waals surface area contributed by atoms with Crippen molar-refractivity contribution in [2.75, 3.05) is 5.75 Å². The van der Waals surface area contributed by atoms with Gasteiger partial charge in [0, 0.05) is 12.2 Å². The van der Waals surface area contributed by atoms with Gasteiger partial charge >= 0.3 is 0 Å². The second-order valence-electron chi connectivity index (χ2n) is 6.63. The fourth-order valence-corrected chi connectivity index (χ4v) is 3.83. The quantitative estimate of drug-likeness (QED) is 0.362. The lowest BCUT2D eigenvalue weighted by molar-refractivity contribution is -0.118. The van der Waals surface area contributed by atoms with Gasteiger partial charge in [0.05, 0.1) is 24.1 Å². The number of carbonyl (C=O) groups is 1. The van der Waals surface area contributed by atoms with E-state index in [1.807, 2.05) is 43.3 Å². The number of amides is 1. The molecule has 2 N–H and O–H groups in total. The highest BCUT2D eigenvalue weighted by Gasteiger charge is 2.16. The van der Waals surface area contributed by atoms with Crippen LogP contribution < -0.4 is 10.9 Å². The zero-order valence-electron chi connectivity index (χ0n) is 15.8. The Morgan fingerprint density at radius 2 is 2.07 bits per heavy atom. The Morgan fingerprint density at radius 3 is 2.83 bits per heavy atom. The van der Waals surface area contributed by atoms with Crippen LogP contribution in [-0.2, 0) is 17.9 Å². The number of furan rings is 1. The fourth-order valence-electron chi connectivity index (χ4n) is 3.00. The molecule has 0 spiro atoms. The molecule has 148 valence electrons. The van der Waals surface area contributed by atoms with Gasteiger partial charge in [-0.05, 0) is 30.7 Å². The third-order valence-electron chi connectivity index (χ3n) is 4.40. The van der Waals surface area contributed by atoms with Crippen LogP contribution in [0.25, 0.3) is 11.0 Å². The molecular formula is C21H20N4O3S. The average molecular weight is 408 g/mol. The molecule has 4 rings (SSSR count). The summed E-state index contributed by atoms with van der Waals surface area (Å²) in [7, 11) is 0. The minimum absolute atomic E-state index is 0.122. The van der Waals surface area contributed by atoms with E-state index in [0.29, 0.717) is 28.5 Å². The number of rotatable bonds is 7. The molecule has 29 heavy (non-hydrogen) atoms. The van der Waals surface area contributed by atoms with Crippen molar-refractivity contribution < 1.29 is 9.21 Å². The molecule has 0 fully saturated rings. The summed E-state index contributed by atoms with van der Waals surface area (Å²) in [5.74, 6) is 0.682. The minimum atomic E-state index is -0.188. The van der Waals surface area contributed by atoms with Gasteiger partial charge < -0.3 is 14.7 Å². The normalized spacial score (nSPS) is 11.1. The standard InChI is InChI=1S/C21H20N4O3S/c1-14-10-17-19(23-14)20(27)25(12-16-8-5-9-28-16)21(24-17)29-13-18(26)22-11-15-6-3-2-4-7-15/h2-10,23H,11-13H2,1H3,(H,22,26). The lowest BCUT2D eigenvalue weighted by atomic mass is 10.2. The molecule has 4 aromatic rings. The highest BCUT2D eigenvalue weighted by Crippen LogP contribution is 2.19. The molecule has 1 amide bonds. The van der Waals surface area contributed by atoms with Crippen molar-refractivity contribution in [1.29, 1.82) is 0 Å². The molecule has 0 radical (unpaired) electrons. The number of fused-ring (bicyclic) bond motifs is 1. The molecule has 0 aliphatic heterocycles. The van der Waals surface area contributed by atoms with Crippen LogP contribution in [0.2, 0.25) is 0 Å². The number of nitrogens with one attached hydrogen (secondary N) is 2. The minimum Gasteiger partial charge on any atom is -0.467 e. The van der Waals surface area contributed by atoms with E-state index in [9.17, 15) is 9.59 Å². The van der Waals surface area contributed by atoms with Gasteiger partial charge in [0.1, 0.15) is 11.3 Å². The molecule has 1 aromatic carbocycles. The van der Waals surface area contributed by atoms with Gasteiger partial charge in [0.2, 0.25) is 5.91 Å². The first kappa shape index (κ1) is 19.1. The number of aryl methyl sites for hydroxylation is 1. The van der Waals surface area contributed by atoms with Crippen LogP contribution in [-0.4, -0.2) is 26.2 Å². The van der Waals surface area contributed by atoms with Gasteiger partial charge in [-0.3, -0.25) is 14.2 Å². The van der Waals surface area contributed by atoms with Crippen LogP contribution in [0, 0.1) is 6.92 Å². The van der Waals surface area contributed by atoms with Crippen molar-refractivity contribution in [3.8, 4) is 0 Å². The van der Waals surface area contributed by atoms with Crippen LogP contribution in [0.5, 0.6) is 0 Å². The molecule has 0 aliphatic rings. The average Bonchev–Trinajstić information content (AvgIpc) is 3.37. The maximum absolute atomic E-state index is 13.0. The zero-order valence-corrected chi connectivity index (χ0v) is 16.7. The van der Waals surface area contributed by atoms with Crippen LogP contribution in [0.1, 0.15) is 17.0 Å². The van der Waals surface area contributed by atoms with Gasteiger partial charge in [-0.15, -0.1) is 0 Å². The monoisotopic (exact) mass is 408 g/mol. The van der Waals surface area contributed by atoms with Crippen LogP contribution in [0.15, 0.2) is 69.2 Å². The summed E-state index contributed by atoms with van der Waals surface area (Å²) in [5.41, 5.74) is 2.74. The summed E-state index contributed by atoms with van der Waals surface area (Å²) in [4.78, 5) is 32.9. The first-order valence-electron chi connectivity index (χ1n) is 9.16. The molecule has 0 bridgehead atoms. The third-order valence-corrected chi connectivity index (χ3v) is 5.37. The molecule has 0 aliphatic carbocycles. The molecule has 0 atom stereocenters. The third kappa shape index (κ3) is 4.43. The fraction of sp³-hybridized carbons (Fsp3) is 0.190. The van der Waals surface area contributed by atoms with Crippen molar-refractivity contribution in [2.45, 2.75) is 25.2 Å². The number of carbonyl (C=O) groups excluding carboxylic acids is 1. The van der Waals surface area contributed by atoms with E-state index in [4.69, 9.17) is 4.42 Å². The van der Waals surface area contributed by atoms with Crippen molar-refractivity contribution in [3.05, 3.63) is 82.2 Å². The van der Waals surface area contributed by atoms with Gasteiger partial charge in [-0.2, -0.15) is 0 Å². The van der Waals surface area contributed by atoms with Gasteiger partial charge in [0.15, 0.2) is 5.16 Å². The number of benzene rings is 1. The number of hydrogen-bond acceptors (Lipinski definition) is 5. The van der Waals surface area contributed by atoms with Crippen LogP contribution >= 0.6 is 11.8 Å². The predicted octanol–water partition coefficient (Wildman–Crippen LogP) is 3.08. The molecular weight excluding hydrogens is 388 g/mol. The summed E-state index contributed by atoms with van der Waals surface area (Å²) in [5, 5.41) is 3.37. The van der Waals surface area contributed by atoms with E-state index in [-0.39, 0.29) is 23.8 Å². The van der Waals surface area contributed by atoms with Crippen molar-refractivity contribution in [2.24, 2.45) is 0 Å². The Balaban J connectivity index is 1.53. The van der Waals surface area contributed by atoms with Gasteiger partial charge in [-0.1, -0.05) is 42.1 Å². The number of thioether (sulfide) groups is 1. The summed E-state index contributed by atoms with van der Waals surface area (Å²) >= 11 is 1.23. The van der Waals surface area contributed by atoms with E-state index in [1.54, 1.807) is 18.4 Å². The highest BCUT2D eigenvalue weighted by molar-refractivity contribution is 7.99. The lowest BCUT2D eigenvalue weighted by Crippen LogP contribution is -2.27. The smallest absolute Gasteiger partial charge is 0.278 e. The van der Waals surface area contributed by atoms with Gasteiger partial charge in [0.25, 0.3) is 5.56 Å². The Bertz CT molecular complexity index is 1180. The molecule has 3 heterocycles. The molecule has 7 nitrogen and oxygen atoms in total. The molecule has 0 unspecified atom stereocenters. The maximum Gasteiger partial charge on any atom is 0.278 e. The van der Waals surface area contributed by atoms with E-state index >= 15 is 0 Å². The largest absolute Gasteiger partial charge is 0.467 e. The van der Waals surface area contributed by atoms with Crippen molar-refractivity contribution in [1.82, 2.24) is 19.9 Å². The lowest BCUT2D eigenvalue weighted by Gasteiger charge is -2.11. The Hall–Kier alpha value is -3.26. The van der Waals surface area contributed by atoms with E-state index in [0.717, 1.165) is 11.3 Å². The number of hydrogen-bond donors (Lipinski definition) is 2. The second kappa shape index (κ2) is 8.40. The second-order valence-corrected chi connectivity index (χ2v) is 7.57. The number of nitrogens with zero attached hydrogens (tertiary/aromatic N) is 2. The van der Waals surface area contributed by atoms with Crippen LogP contribution in [0.4, 0.5) is 0 Å². The Kier molecular flexibility index (Phi) is 5.53. The van der Waals surface area contributed by atoms with Crippen LogP contribution in [0.3, 0.4) is 0 Å². The molecule has 0 saturated heterocycles. The van der Waals surface area contributed by atoms with E-state index < -0.39 is 0 Å². The number of aromatic amines is 1. The van der Waals surface area contributed by atoms with Crippen molar-refractivity contribution >= 4 is 28.7 Å². The Morgan fingerprint density at radius 1 is 1.24 bits per heavy atom. The molecule has 8 heteroatoms. The molecule has 0 saturated carbocycles. The zero-order chi connectivity index (χ0) is 20.2. The van der Waals surface area contributed by atoms with E-state index in [1.165, 1.54) is 16.3 Å². The SMILES string of the molecule is Cc1cc2nc(SCC(=O)NCc3ccccc3)n(Cc3ccco3)c(=O)c2[nH]1. The topological polar surface area (TPSA) is 92.9 Å². The maximum atomic E-state index is 13.0. The predicted molar refractivity (Wildman–Crippen MR) is 112 cm³/mol. The number of H-pyrrole nitrogens is 1. The summed E-state index contributed by atoms with van der Waals surface area (Å²) < 4.78 is 6.93. The highest BCUT2D eigenvalue weighted by atomic mass is 32.2. The summed E-state index contributed by atoms with van der Waals surface area (Å²) in [6.07, 6.45) is 1.56. The molecule has 3 aromatic heterocycles. The number of aromatic nitrogens is 3. The van der Waals surface area contributed by atoms with Crippen molar-refractivity contribution in [3.63, 3.8) is 0 Å². The summed E-state index contributed by atoms with van der Waals surface area (Å²) in [6, 6.07) is 15.1. The van der Waals surface area contributed by atoms with Gasteiger partial charge in [-0.25, -0.2) is 4.98 Å². The first-order chi connectivity index (χ1) is 14.1. The van der Waals surface area contributed by atoms with E-state index in [2.05, 4.69) is 15.3 Å². The first-order valence-corrected chi connectivity index (χ1v) is 10.1.